The predicted octanol–water partition coefficient (Wildman–Crippen LogP) is 1.51. The van der Waals surface area contributed by atoms with Gasteiger partial charge in [-0.3, -0.25) is 4.79 Å². The Bertz CT molecular complexity index is 469. The summed E-state index contributed by atoms with van der Waals surface area (Å²) in [7, 11) is 1.08. The molecule has 17 heavy (non-hydrogen) atoms. The van der Waals surface area contributed by atoms with Gasteiger partial charge >= 0.3 is 11.9 Å². The number of aliphatic carboxylic acids is 1. The Labute approximate surface area is 96.4 Å². The van der Waals surface area contributed by atoms with Crippen molar-refractivity contribution in [2.75, 3.05) is 7.11 Å². The number of ether oxygens (including phenoxy) is 1. The molecule has 0 aromatic heterocycles. The van der Waals surface area contributed by atoms with E-state index in [1.807, 2.05) is 0 Å². The molecule has 2 N–H and O–H groups in total. The number of benzene rings is 1. The molecule has 1 atom stereocenters. The minimum atomic E-state index is -1.16. The van der Waals surface area contributed by atoms with Crippen molar-refractivity contribution in [3.8, 4) is 5.75 Å². The fourth-order valence-corrected chi connectivity index (χ4v) is 1.28. The van der Waals surface area contributed by atoms with Gasteiger partial charge < -0.3 is 14.9 Å². The lowest BCUT2D eigenvalue weighted by Gasteiger charge is -2.10. The lowest BCUT2D eigenvalue weighted by molar-refractivity contribution is -0.138. The molecule has 0 heterocycles. The van der Waals surface area contributed by atoms with E-state index in [-0.39, 0.29) is 5.56 Å². The number of aromatic hydroxyl groups is 1. The summed E-state index contributed by atoms with van der Waals surface area (Å²) in [5.74, 6) is -4.99. The molecule has 1 aromatic carbocycles. The SMILES string of the molecule is COC(=O)c1cc(C(C)C(=O)O)cc(F)c1O. The first-order valence-electron chi connectivity index (χ1n) is 4.72. The third kappa shape index (κ3) is 2.52. The maximum absolute atomic E-state index is 13.3. The highest BCUT2D eigenvalue weighted by Crippen LogP contribution is 2.27. The highest BCUT2D eigenvalue weighted by molar-refractivity contribution is 5.93. The zero-order chi connectivity index (χ0) is 13.2. The summed E-state index contributed by atoms with van der Waals surface area (Å²) in [6, 6.07) is 1.98. The molecule has 0 spiro atoms. The summed E-state index contributed by atoms with van der Waals surface area (Å²) in [4.78, 5) is 22.0. The summed E-state index contributed by atoms with van der Waals surface area (Å²) < 4.78 is 17.7. The number of phenols is 1. The highest BCUT2D eigenvalue weighted by Gasteiger charge is 2.21. The first-order valence-corrected chi connectivity index (χ1v) is 4.72. The predicted molar refractivity (Wildman–Crippen MR) is 55.5 cm³/mol. The van der Waals surface area contributed by atoms with Gasteiger partial charge in [0.1, 0.15) is 5.56 Å². The number of carboxylic acids is 1. The first kappa shape index (κ1) is 13.0. The van der Waals surface area contributed by atoms with E-state index in [0.29, 0.717) is 0 Å². The van der Waals surface area contributed by atoms with Crippen LogP contribution in [0.4, 0.5) is 4.39 Å². The van der Waals surface area contributed by atoms with Gasteiger partial charge in [0.25, 0.3) is 0 Å². The smallest absolute Gasteiger partial charge is 0.341 e. The van der Waals surface area contributed by atoms with Crippen molar-refractivity contribution in [2.45, 2.75) is 12.8 Å². The molecule has 1 aromatic rings. The van der Waals surface area contributed by atoms with E-state index < -0.39 is 35.0 Å². The highest BCUT2D eigenvalue weighted by atomic mass is 19.1. The van der Waals surface area contributed by atoms with Crippen LogP contribution in [0.1, 0.15) is 28.8 Å². The summed E-state index contributed by atoms with van der Waals surface area (Å²) in [6.07, 6.45) is 0. The molecular formula is C11H11FO5. The Morgan fingerprint density at radius 3 is 2.47 bits per heavy atom. The van der Waals surface area contributed by atoms with Gasteiger partial charge in [0, 0.05) is 0 Å². The van der Waals surface area contributed by atoms with Crippen molar-refractivity contribution in [1.29, 1.82) is 0 Å². The van der Waals surface area contributed by atoms with E-state index in [0.717, 1.165) is 19.2 Å². The van der Waals surface area contributed by atoms with E-state index in [4.69, 9.17) is 5.11 Å². The average Bonchev–Trinajstić information content (AvgIpc) is 2.30. The standard InChI is InChI=1S/C11H11FO5/c1-5(10(14)15)6-3-7(11(16)17-2)9(13)8(12)4-6/h3-5,13H,1-2H3,(H,14,15). The average molecular weight is 242 g/mol. The van der Waals surface area contributed by atoms with Crippen LogP contribution in [0.3, 0.4) is 0 Å². The second-order valence-corrected chi connectivity index (χ2v) is 3.45. The van der Waals surface area contributed by atoms with Gasteiger partial charge in [0.15, 0.2) is 11.6 Å². The second-order valence-electron chi connectivity index (χ2n) is 3.45. The summed E-state index contributed by atoms with van der Waals surface area (Å²) in [5.41, 5.74) is -0.316. The van der Waals surface area contributed by atoms with Crippen LogP contribution in [0.15, 0.2) is 12.1 Å². The van der Waals surface area contributed by atoms with Crippen molar-refractivity contribution < 1.29 is 28.9 Å². The van der Waals surface area contributed by atoms with Crippen LogP contribution in [0, 0.1) is 5.82 Å². The van der Waals surface area contributed by atoms with Gasteiger partial charge in [-0.15, -0.1) is 0 Å². The number of carboxylic acid groups (broad SMARTS) is 1. The molecule has 6 heteroatoms. The molecule has 1 rings (SSSR count). The van der Waals surface area contributed by atoms with Crippen LogP contribution in [-0.2, 0) is 9.53 Å². The number of carbonyl (C=O) groups is 2. The molecular weight excluding hydrogens is 231 g/mol. The molecule has 0 aliphatic rings. The van der Waals surface area contributed by atoms with Gasteiger partial charge in [-0.05, 0) is 24.6 Å². The molecule has 0 saturated heterocycles. The topological polar surface area (TPSA) is 83.8 Å². The molecule has 92 valence electrons. The normalized spacial score (nSPS) is 11.9. The maximum atomic E-state index is 13.3. The number of methoxy groups -OCH3 is 1. The number of hydrogen-bond donors (Lipinski definition) is 2. The van der Waals surface area contributed by atoms with Crippen LogP contribution in [0.2, 0.25) is 0 Å². The van der Waals surface area contributed by atoms with Crippen LogP contribution in [0.5, 0.6) is 5.75 Å². The monoisotopic (exact) mass is 242 g/mol. The first-order chi connectivity index (χ1) is 7.88. The third-order valence-corrected chi connectivity index (χ3v) is 2.36. The molecule has 0 bridgehead atoms. The van der Waals surface area contributed by atoms with Gasteiger partial charge in [-0.1, -0.05) is 0 Å². The molecule has 0 fully saturated rings. The molecule has 0 aliphatic heterocycles. The maximum Gasteiger partial charge on any atom is 0.341 e. The second kappa shape index (κ2) is 4.82. The Hall–Kier alpha value is -2.11. The molecule has 1 unspecified atom stereocenters. The molecule has 0 amide bonds. The molecule has 0 aliphatic carbocycles. The number of esters is 1. The number of halogens is 1. The summed E-state index contributed by atoms with van der Waals surface area (Å²) in [6.45, 7) is 1.34. The van der Waals surface area contributed by atoms with Crippen molar-refractivity contribution in [3.63, 3.8) is 0 Å². The zero-order valence-electron chi connectivity index (χ0n) is 9.23. The van der Waals surface area contributed by atoms with Crippen molar-refractivity contribution >= 4 is 11.9 Å². The molecule has 0 radical (unpaired) electrons. The largest absolute Gasteiger partial charge is 0.504 e. The Morgan fingerprint density at radius 1 is 1.41 bits per heavy atom. The third-order valence-electron chi connectivity index (χ3n) is 2.36. The fourth-order valence-electron chi connectivity index (χ4n) is 1.28. The van der Waals surface area contributed by atoms with Crippen molar-refractivity contribution in [1.82, 2.24) is 0 Å². The molecule has 5 nitrogen and oxygen atoms in total. The van der Waals surface area contributed by atoms with Crippen LogP contribution in [0.25, 0.3) is 0 Å². The van der Waals surface area contributed by atoms with Crippen LogP contribution in [-0.4, -0.2) is 29.3 Å². The minimum absolute atomic E-state index is 0.0770. The summed E-state index contributed by atoms with van der Waals surface area (Å²) in [5, 5.41) is 18.1. The van der Waals surface area contributed by atoms with Crippen LogP contribution < -0.4 is 0 Å². The van der Waals surface area contributed by atoms with Gasteiger partial charge in [-0.25, -0.2) is 9.18 Å². The Morgan fingerprint density at radius 2 is 2.00 bits per heavy atom. The number of phenolic OH excluding ortho intramolecular Hbond substituents is 1. The lowest BCUT2D eigenvalue weighted by Crippen LogP contribution is -2.10. The van der Waals surface area contributed by atoms with Gasteiger partial charge in [0.2, 0.25) is 0 Å². The number of rotatable bonds is 3. The van der Waals surface area contributed by atoms with Crippen molar-refractivity contribution in [2.24, 2.45) is 0 Å². The Kier molecular flexibility index (Phi) is 3.67. The van der Waals surface area contributed by atoms with E-state index in [9.17, 15) is 19.1 Å². The minimum Gasteiger partial charge on any atom is -0.504 e. The zero-order valence-corrected chi connectivity index (χ0v) is 9.23. The Balaban J connectivity index is 3.33. The van der Waals surface area contributed by atoms with Crippen LogP contribution >= 0.6 is 0 Å². The number of carbonyl (C=O) groups excluding carboxylic acids is 1. The summed E-state index contributed by atoms with van der Waals surface area (Å²) >= 11 is 0. The van der Waals surface area contributed by atoms with E-state index in [2.05, 4.69) is 4.74 Å². The van der Waals surface area contributed by atoms with Gasteiger partial charge in [-0.2, -0.15) is 0 Å². The fraction of sp³-hybridized carbons (Fsp3) is 0.273. The van der Waals surface area contributed by atoms with E-state index in [1.54, 1.807) is 0 Å². The van der Waals surface area contributed by atoms with E-state index >= 15 is 0 Å². The number of hydrogen-bond acceptors (Lipinski definition) is 4. The van der Waals surface area contributed by atoms with Crippen molar-refractivity contribution in [3.05, 3.63) is 29.1 Å². The quantitative estimate of drug-likeness (QED) is 0.785. The van der Waals surface area contributed by atoms with Gasteiger partial charge in [0.05, 0.1) is 13.0 Å². The van der Waals surface area contributed by atoms with E-state index in [1.165, 1.54) is 6.92 Å². The molecule has 0 saturated carbocycles. The lowest BCUT2D eigenvalue weighted by atomic mass is 9.98.